The number of nitrogens with zero attached hydrogens (tertiary/aromatic N) is 1. The molecule has 1 amide bonds. The molecule has 24 heavy (non-hydrogen) atoms. The van der Waals surface area contributed by atoms with E-state index in [1.165, 1.54) is 25.2 Å². The third kappa shape index (κ3) is 8.89. The summed E-state index contributed by atoms with van der Waals surface area (Å²) in [6.45, 7) is 0.0871. The molecule has 1 aromatic carbocycles. The summed E-state index contributed by atoms with van der Waals surface area (Å²) < 4.78 is 49.4. The van der Waals surface area contributed by atoms with Gasteiger partial charge >= 0.3 is 6.18 Å². The van der Waals surface area contributed by atoms with E-state index in [9.17, 15) is 22.4 Å². The smallest absolute Gasteiger partial charge is 0.356 e. The van der Waals surface area contributed by atoms with Gasteiger partial charge in [-0.25, -0.2) is 4.39 Å². The Morgan fingerprint density at radius 2 is 1.67 bits per heavy atom. The lowest BCUT2D eigenvalue weighted by molar-refractivity contribution is -0.132. The molecule has 0 aliphatic heterocycles. The number of rotatable bonds is 6. The minimum Gasteiger partial charge on any atom is -0.356 e. The van der Waals surface area contributed by atoms with Gasteiger partial charge < -0.3 is 16.0 Å². The number of aliphatic imine (C=N–C) groups is 1. The molecule has 10 heteroatoms. The molecule has 5 nitrogen and oxygen atoms in total. The Kier molecular flexibility index (Phi) is 10.3. The van der Waals surface area contributed by atoms with E-state index in [1.54, 1.807) is 6.07 Å². The molecule has 0 bridgehead atoms. The van der Waals surface area contributed by atoms with E-state index >= 15 is 0 Å². The fraction of sp³-hybridized carbons (Fsp3) is 0.429. The van der Waals surface area contributed by atoms with Gasteiger partial charge in [-0.2, -0.15) is 13.2 Å². The Bertz CT molecular complexity index is 552. The van der Waals surface area contributed by atoms with Crippen molar-refractivity contribution < 1.29 is 22.4 Å². The summed E-state index contributed by atoms with van der Waals surface area (Å²) >= 11 is 0. The molecule has 136 valence electrons. The first kappa shape index (κ1) is 22.4. The maximum atomic E-state index is 13.4. The number of halogens is 5. The number of nitrogens with one attached hydrogen (secondary N) is 3. The fourth-order valence-corrected chi connectivity index (χ4v) is 1.64. The summed E-state index contributed by atoms with van der Waals surface area (Å²) in [6.07, 6.45) is -5.21. The van der Waals surface area contributed by atoms with Crippen LogP contribution in [0.4, 0.5) is 17.6 Å². The van der Waals surface area contributed by atoms with Crippen LogP contribution >= 0.6 is 24.0 Å². The molecule has 3 N–H and O–H groups in total. The van der Waals surface area contributed by atoms with Crippen LogP contribution in [0, 0.1) is 5.82 Å². The van der Waals surface area contributed by atoms with Gasteiger partial charge in [-0.1, -0.05) is 12.1 Å². The largest absolute Gasteiger partial charge is 0.390 e. The molecule has 0 fully saturated rings. The van der Waals surface area contributed by atoms with E-state index in [0.29, 0.717) is 0 Å². The number of carbonyl (C=O) groups is 1. The minimum atomic E-state index is -4.24. The number of hydrogen-bond acceptors (Lipinski definition) is 2. The summed E-state index contributed by atoms with van der Waals surface area (Å²) in [5.74, 6) is -0.998. The number of hydrogen-bond donors (Lipinski definition) is 3. The van der Waals surface area contributed by atoms with Crippen molar-refractivity contribution in [1.82, 2.24) is 16.0 Å². The number of amides is 1. The molecule has 1 aromatic rings. The topological polar surface area (TPSA) is 65.5 Å². The van der Waals surface area contributed by atoms with Gasteiger partial charge in [0.2, 0.25) is 0 Å². The Hall–Kier alpha value is -1.59. The van der Waals surface area contributed by atoms with Crippen LogP contribution in [0.25, 0.3) is 0 Å². The Labute approximate surface area is 154 Å². The highest BCUT2D eigenvalue weighted by molar-refractivity contribution is 14.0. The highest BCUT2D eigenvalue weighted by atomic mass is 127. The van der Waals surface area contributed by atoms with Crippen molar-refractivity contribution >= 4 is 35.8 Å². The van der Waals surface area contributed by atoms with Crippen molar-refractivity contribution in [3.8, 4) is 0 Å². The van der Waals surface area contributed by atoms with E-state index in [2.05, 4.69) is 20.9 Å². The summed E-state index contributed by atoms with van der Waals surface area (Å²) in [7, 11) is 1.42. The van der Waals surface area contributed by atoms with Crippen molar-refractivity contribution in [1.29, 1.82) is 0 Å². The van der Waals surface area contributed by atoms with Crippen LogP contribution in [0.2, 0.25) is 0 Å². The van der Waals surface area contributed by atoms with E-state index < -0.39 is 24.3 Å². The Morgan fingerprint density at radius 3 is 2.25 bits per heavy atom. The lowest BCUT2D eigenvalue weighted by Gasteiger charge is -2.13. The molecule has 0 aliphatic carbocycles. The van der Waals surface area contributed by atoms with Crippen LogP contribution in [0.3, 0.4) is 0 Å². The molecular weight excluding hydrogens is 443 g/mol. The van der Waals surface area contributed by atoms with Gasteiger partial charge in [-0.15, -0.1) is 24.0 Å². The molecule has 0 unspecified atom stereocenters. The van der Waals surface area contributed by atoms with Gasteiger partial charge in [0.15, 0.2) is 5.96 Å². The third-order valence-corrected chi connectivity index (χ3v) is 2.75. The van der Waals surface area contributed by atoms with Crippen LogP contribution < -0.4 is 16.0 Å². The molecule has 0 aromatic heterocycles. The summed E-state index contributed by atoms with van der Waals surface area (Å²) in [4.78, 5) is 15.5. The van der Waals surface area contributed by atoms with Gasteiger partial charge in [0, 0.05) is 26.7 Å². The minimum absolute atomic E-state index is 0. The quantitative estimate of drug-likeness (QED) is 0.200. The molecule has 0 saturated carbocycles. The van der Waals surface area contributed by atoms with Gasteiger partial charge in [0.25, 0.3) is 5.91 Å². The normalized spacial score (nSPS) is 11.5. The van der Waals surface area contributed by atoms with Crippen molar-refractivity contribution in [2.75, 3.05) is 26.7 Å². The van der Waals surface area contributed by atoms with E-state index in [0.717, 1.165) is 0 Å². The number of carbonyl (C=O) groups excluding carboxylic acids is 1. The number of alkyl halides is 3. The molecule has 0 aliphatic rings. The number of guanidine groups is 1. The van der Waals surface area contributed by atoms with E-state index in [4.69, 9.17) is 0 Å². The zero-order valence-corrected chi connectivity index (χ0v) is 15.2. The predicted molar refractivity (Wildman–Crippen MR) is 94.2 cm³/mol. The standard InChI is InChI=1S/C14H18F4N4O.HI/c1-19-13(21-7-6-14(16,17)18)22-9-8-20-12(23)10-4-2-3-5-11(10)15;/h2-5H,6-9H2,1H3,(H,20,23)(H2,19,21,22);1H. The second-order valence-corrected chi connectivity index (χ2v) is 4.53. The van der Waals surface area contributed by atoms with E-state index in [1.807, 2.05) is 0 Å². The molecule has 1 rings (SSSR count). The SMILES string of the molecule is CN=C(NCCNC(=O)c1ccccc1F)NCCC(F)(F)F.I. The van der Waals surface area contributed by atoms with Gasteiger partial charge in [-0.05, 0) is 12.1 Å². The molecule has 0 atom stereocenters. The van der Waals surface area contributed by atoms with Crippen molar-refractivity contribution in [2.45, 2.75) is 12.6 Å². The van der Waals surface area contributed by atoms with Gasteiger partial charge in [-0.3, -0.25) is 9.79 Å². The maximum Gasteiger partial charge on any atom is 0.390 e. The average Bonchev–Trinajstić information content (AvgIpc) is 2.48. The van der Waals surface area contributed by atoms with Crippen LogP contribution in [0.1, 0.15) is 16.8 Å². The highest BCUT2D eigenvalue weighted by Crippen LogP contribution is 2.17. The summed E-state index contributed by atoms with van der Waals surface area (Å²) in [6, 6.07) is 5.56. The fourth-order valence-electron chi connectivity index (χ4n) is 1.64. The zero-order chi connectivity index (χ0) is 17.3. The lowest BCUT2D eigenvalue weighted by atomic mass is 10.2. The van der Waals surface area contributed by atoms with Crippen LogP contribution in [-0.4, -0.2) is 44.7 Å². The Morgan fingerprint density at radius 1 is 1.08 bits per heavy atom. The van der Waals surface area contributed by atoms with Crippen LogP contribution in [0.15, 0.2) is 29.3 Å². The lowest BCUT2D eigenvalue weighted by Crippen LogP contribution is -2.42. The zero-order valence-electron chi connectivity index (χ0n) is 12.9. The van der Waals surface area contributed by atoms with Crippen molar-refractivity contribution in [3.05, 3.63) is 35.6 Å². The molecular formula is C14H19F4IN4O. The van der Waals surface area contributed by atoms with E-state index in [-0.39, 0.29) is 55.1 Å². The first-order valence-corrected chi connectivity index (χ1v) is 6.87. The third-order valence-electron chi connectivity index (χ3n) is 2.75. The molecule has 0 radical (unpaired) electrons. The molecule has 0 saturated heterocycles. The van der Waals surface area contributed by atoms with Crippen LogP contribution in [0.5, 0.6) is 0 Å². The highest BCUT2D eigenvalue weighted by Gasteiger charge is 2.26. The predicted octanol–water partition coefficient (Wildman–Crippen LogP) is 2.29. The number of benzene rings is 1. The summed E-state index contributed by atoms with van der Waals surface area (Å²) in [5.41, 5.74) is -0.0693. The molecule has 0 spiro atoms. The first-order chi connectivity index (χ1) is 10.8. The Balaban J connectivity index is 0.00000529. The average molecular weight is 462 g/mol. The van der Waals surface area contributed by atoms with Crippen molar-refractivity contribution in [2.24, 2.45) is 4.99 Å². The summed E-state index contributed by atoms with van der Waals surface area (Å²) in [5, 5.41) is 7.74. The van der Waals surface area contributed by atoms with Gasteiger partial charge in [0.05, 0.1) is 12.0 Å². The van der Waals surface area contributed by atoms with Crippen LogP contribution in [-0.2, 0) is 0 Å². The van der Waals surface area contributed by atoms with Gasteiger partial charge in [0.1, 0.15) is 5.82 Å². The monoisotopic (exact) mass is 462 g/mol. The second kappa shape index (κ2) is 11.0. The first-order valence-electron chi connectivity index (χ1n) is 6.87. The maximum absolute atomic E-state index is 13.4. The molecule has 0 heterocycles. The second-order valence-electron chi connectivity index (χ2n) is 4.53. The van der Waals surface area contributed by atoms with Crippen molar-refractivity contribution in [3.63, 3.8) is 0 Å².